The number of benzene rings is 1. The third kappa shape index (κ3) is 5.26. The van der Waals surface area contributed by atoms with Crippen LogP contribution in [0.5, 0.6) is 0 Å². The smallest absolute Gasteiger partial charge is 0.255 e. The average molecular weight is 390 g/mol. The first-order valence-electron chi connectivity index (χ1n) is 8.97. The summed E-state index contributed by atoms with van der Waals surface area (Å²) in [5.41, 5.74) is 1.09. The highest BCUT2D eigenvalue weighted by molar-refractivity contribution is 6.31. The molecule has 2 heterocycles. The van der Waals surface area contributed by atoms with Crippen molar-refractivity contribution in [3.8, 4) is 0 Å². The second kappa shape index (κ2) is 8.95. The quantitative estimate of drug-likeness (QED) is 0.835. The van der Waals surface area contributed by atoms with Gasteiger partial charge in [-0.15, -0.1) is 0 Å². The Morgan fingerprint density at radius 1 is 1.26 bits per heavy atom. The van der Waals surface area contributed by atoms with Gasteiger partial charge in [0.2, 0.25) is 5.91 Å². The van der Waals surface area contributed by atoms with Gasteiger partial charge in [-0.25, -0.2) is 4.39 Å². The van der Waals surface area contributed by atoms with E-state index in [9.17, 15) is 14.0 Å². The zero-order valence-corrected chi connectivity index (χ0v) is 15.6. The highest BCUT2D eigenvalue weighted by atomic mass is 35.5. The Kier molecular flexibility index (Phi) is 6.40. The van der Waals surface area contributed by atoms with Gasteiger partial charge in [-0.1, -0.05) is 11.6 Å². The van der Waals surface area contributed by atoms with Crippen LogP contribution in [0, 0.1) is 11.7 Å². The van der Waals surface area contributed by atoms with Gasteiger partial charge in [0.15, 0.2) is 0 Å². The predicted octanol–water partition coefficient (Wildman–Crippen LogP) is 4.15. The van der Waals surface area contributed by atoms with Crippen LogP contribution in [0.3, 0.4) is 0 Å². The van der Waals surface area contributed by atoms with Gasteiger partial charge < -0.3 is 10.2 Å². The summed E-state index contributed by atoms with van der Waals surface area (Å²) < 4.78 is 13.1. The molecular formula is C20H21ClFN3O2. The van der Waals surface area contributed by atoms with Gasteiger partial charge in [0, 0.05) is 37.6 Å². The van der Waals surface area contributed by atoms with Crippen LogP contribution in [0.4, 0.5) is 10.1 Å². The van der Waals surface area contributed by atoms with Gasteiger partial charge in [-0.05, 0) is 55.5 Å². The molecule has 142 valence electrons. The molecule has 2 amide bonds. The molecule has 5 nitrogen and oxygen atoms in total. The molecule has 1 saturated heterocycles. The van der Waals surface area contributed by atoms with Crippen molar-refractivity contribution in [2.75, 3.05) is 18.4 Å². The molecule has 1 aliphatic rings. The van der Waals surface area contributed by atoms with E-state index < -0.39 is 5.82 Å². The van der Waals surface area contributed by atoms with Crippen molar-refractivity contribution in [2.45, 2.75) is 25.7 Å². The number of nitrogens with one attached hydrogen (secondary N) is 1. The Morgan fingerprint density at radius 2 is 2.04 bits per heavy atom. The second-order valence-electron chi connectivity index (χ2n) is 6.69. The number of likely N-dealkylation sites (tertiary alicyclic amines) is 1. The molecule has 2 aromatic rings. The standard InChI is InChI=1S/C20H21ClFN3O2/c21-17-12-16(4-5-18(17)22)24-19(26)6-3-14-7-10-25(11-8-14)20(27)15-2-1-9-23-13-15/h1-2,4-5,9,12-14H,3,6-8,10-11H2,(H,24,26). The molecule has 0 atom stereocenters. The number of anilines is 1. The largest absolute Gasteiger partial charge is 0.339 e. The second-order valence-corrected chi connectivity index (χ2v) is 7.10. The van der Waals surface area contributed by atoms with Crippen molar-refractivity contribution >= 4 is 29.1 Å². The van der Waals surface area contributed by atoms with Gasteiger partial charge in [0.25, 0.3) is 5.91 Å². The fourth-order valence-corrected chi connectivity index (χ4v) is 3.41. The van der Waals surface area contributed by atoms with Crippen LogP contribution in [0.1, 0.15) is 36.0 Å². The van der Waals surface area contributed by atoms with Crippen LogP contribution in [0.2, 0.25) is 5.02 Å². The maximum Gasteiger partial charge on any atom is 0.255 e. The monoisotopic (exact) mass is 389 g/mol. The number of amides is 2. The van der Waals surface area contributed by atoms with Gasteiger partial charge >= 0.3 is 0 Å². The molecule has 1 aromatic heterocycles. The molecule has 0 unspecified atom stereocenters. The van der Waals surface area contributed by atoms with E-state index in [0.717, 1.165) is 19.3 Å². The highest BCUT2D eigenvalue weighted by Gasteiger charge is 2.24. The fourth-order valence-electron chi connectivity index (χ4n) is 3.23. The first-order chi connectivity index (χ1) is 13.0. The SMILES string of the molecule is O=C(CCC1CCN(C(=O)c2cccnc2)CC1)Nc1ccc(F)c(Cl)c1. The lowest BCUT2D eigenvalue weighted by atomic mass is 9.91. The Hall–Kier alpha value is -2.47. The van der Waals surface area contributed by atoms with Gasteiger partial charge in [0.05, 0.1) is 10.6 Å². The minimum Gasteiger partial charge on any atom is -0.339 e. The number of halogens is 2. The Balaban J connectivity index is 1.42. The zero-order valence-electron chi connectivity index (χ0n) is 14.8. The maximum atomic E-state index is 13.1. The van der Waals surface area contributed by atoms with E-state index >= 15 is 0 Å². The summed E-state index contributed by atoms with van der Waals surface area (Å²) in [4.78, 5) is 30.3. The minimum atomic E-state index is -0.512. The van der Waals surface area contributed by atoms with Crippen molar-refractivity contribution in [1.82, 2.24) is 9.88 Å². The molecule has 0 saturated carbocycles. The summed E-state index contributed by atoms with van der Waals surface area (Å²) in [5, 5.41) is 2.72. The number of carbonyl (C=O) groups excluding carboxylic acids is 2. The van der Waals surface area contributed by atoms with Crippen LogP contribution in [0.15, 0.2) is 42.7 Å². The van der Waals surface area contributed by atoms with Gasteiger partial charge in [-0.3, -0.25) is 14.6 Å². The van der Waals surface area contributed by atoms with E-state index in [1.165, 1.54) is 18.2 Å². The summed E-state index contributed by atoms with van der Waals surface area (Å²) in [6.07, 6.45) is 6.13. The molecule has 1 aromatic carbocycles. The lowest BCUT2D eigenvalue weighted by Gasteiger charge is -2.32. The molecule has 0 radical (unpaired) electrons. The topological polar surface area (TPSA) is 62.3 Å². The highest BCUT2D eigenvalue weighted by Crippen LogP contribution is 2.24. The predicted molar refractivity (Wildman–Crippen MR) is 102 cm³/mol. The molecule has 3 rings (SSSR count). The van der Waals surface area contributed by atoms with E-state index in [4.69, 9.17) is 11.6 Å². The number of hydrogen-bond acceptors (Lipinski definition) is 3. The van der Waals surface area contributed by atoms with E-state index in [-0.39, 0.29) is 16.8 Å². The summed E-state index contributed by atoms with van der Waals surface area (Å²) in [6.45, 7) is 1.38. The molecule has 7 heteroatoms. The van der Waals surface area contributed by atoms with E-state index in [1.807, 2.05) is 4.90 Å². The third-order valence-electron chi connectivity index (χ3n) is 4.79. The van der Waals surface area contributed by atoms with Crippen molar-refractivity contribution in [3.63, 3.8) is 0 Å². The lowest BCUT2D eigenvalue weighted by Crippen LogP contribution is -2.38. The van der Waals surface area contributed by atoms with Crippen molar-refractivity contribution in [1.29, 1.82) is 0 Å². The number of aromatic nitrogens is 1. The Labute approximate surface area is 162 Å². The Bertz CT molecular complexity index is 808. The molecule has 1 fully saturated rings. The molecule has 1 N–H and O–H groups in total. The van der Waals surface area contributed by atoms with Crippen LogP contribution in [-0.2, 0) is 4.79 Å². The zero-order chi connectivity index (χ0) is 19.2. The summed E-state index contributed by atoms with van der Waals surface area (Å²) in [7, 11) is 0. The van der Waals surface area contributed by atoms with Crippen molar-refractivity contribution in [3.05, 3.63) is 59.1 Å². The molecule has 1 aliphatic heterocycles. The first-order valence-corrected chi connectivity index (χ1v) is 9.35. The maximum absolute atomic E-state index is 13.1. The number of nitrogens with zero attached hydrogens (tertiary/aromatic N) is 2. The van der Waals surface area contributed by atoms with Crippen molar-refractivity contribution < 1.29 is 14.0 Å². The summed E-state index contributed by atoms with van der Waals surface area (Å²) >= 11 is 5.72. The summed E-state index contributed by atoms with van der Waals surface area (Å²) in [6, 6.07) is 7.65. The average Bonchev–Trinajstić information content (AvgIpc) is 2.70. The third-order valence-corrected chi connectivity index (χ3v) is 5.08. The van der Waals surface area contributed by atoms with E-state index in [2.05, 4.69) is 10.3 Å². The van der Waals surface area contributed by atoms with E-state index in [0.29, 0.717) is 36.7 Å². The number of carbonyl (C=O) groups is 2. The number of rotatable bonds is 5. The number of pyridine rings is 1. The normalized spacial score (nSPS) is 14.8. The van der Waals surface area contributed by atoms with Crippen LogP contribution < -0.4 is 5.32 Å². The van der Waals surface area contributed by atoms with Crippen LogP contribution in [-0.4, -0.2) is 34.8 Å². The summed E-state index contributed by atoms with van der Waals surface area (Å²) in [5.74, 6) is -0.216. The fraction of sp³-hybridized carbons (Fsp3) is 0.350. The van der Waals surface area contributed by atoms with E-state index in [1.54, 1.807) is 24.5 Å². The molecule has 0 bridgehead atoms. The number of hydrogen-bond donors (Lipinski definition) is 1. The molecule has 0 aliphatic carbocycles. The first kappa shape index (κ1) is 19.3. The molecular weight excluding hydrogens is 369 g/mol. The van der Waals surface area contributed by atoms with Gasteiger partial charge in [-0.2, -0.15) is 0 Å². The molecule has 27 heavy (non-hydrogen) atoms. The molecule has 0 spiro atoms. The lowest BCUT2D eigenvalue weighted by molar-refractivity contribution is -0.116. The Morgan fingerprint density at radius 3 is 2.70 bits per heavy atom. The number of piperidine rings is 1. The van der Waals surface area contributed by atoms with Crippen LogP contribution in [0.25, 0.3) is 0 Å². The van der Waals surface area contributed by atoms with Crippen LogP contribution >= 0.6 is 11.6 Å². The van der Waals surface area contributed by atoms with Crippen molar-refractivity contribution in [2.24, 2.45) is 5.92 Å². The van der Waals surface area contributed by atoms with Gasteiger partial charge in [0.1, 0.15) is 5.82 Å². The minimum absolute atomic E-state index is 0.00693.